The van der Waals surface area contributed by atoms with E-state index in [2.05, 4.69) is 23.0 Å². The van der Waals surface area contributed by atoms with Crippen LogP contribution >= 0.6 is 0 Å². The van der Waals surface area contributed by atoms with Crippen LogP contribution in [0.2, 0.25) is 0 Å². The third-order valence-electron chi connectivity index (χ3n) is 13.1. The van der Waals surface area contributed by atoms with E-state index in [0.29, 0.717) is 29.2 Å². The van der Waals surface area contributed by atoms with Crippen LogP contribution in [0.3, 0.4) is 0 Å². The second kappa shape index (κ2) is 20.0. The molecule has 2 aromatic heterocycles. The molecule has 4 N–H and O–H groups in total. The number of aliphatic hydroxyl groups excluding tert-OH is 1. The minimum atomic E-state index is -0.931. The molecular formula is C50H62N6O6. The number of hydrogen-bond donors (Lipinski definition) is 4. The second-order valence-electron chi connectivity index (χ2n) is 17.6. The summed E-state index contributed by atoms with van der Waals surface area (Å²) in [6.07, 6.45) is 20.7. The highest BCUT2D eigenvalue weighted by atomic mass is 16.5. The maximum absolute atomic E-state index is 12.4. The van der Waals surface area contributed by atoms with Crippen molar-refractivity contribution in [1.29, 1.82) is 0 Å². The van der Waals surface area contributed by atoms with Crippen LogP contribution in [0.5, 0.6) is 11.5 Å². The monoisotopic (exact) mass is 842 g/mol. The first kappa shape index (κ1) is 43.0. The molecule has 12 nitrogen and oxygen atoms in total. The highest BCUT2D eigenvalue weighted by Crippen LogP contribution is 2.47. The van der Waals surface area contributed by atoms with Crippen molar-refractivity contribution in [1.82, 2.24) is 24.9 Å². The zero-order valence-electron chi connectivity index (χ0n) is 36.2. The first-order valence-corrected chi connectivity index (χ1v) is 22.8. The molecule has 0 radical (unpaired) electrons. The lowest BCUT2D eigenvalue weighted by molar-refractivity contribution is -0.136. The van der Waals surface area contributed by atoms with Crippen LogP contribution < -0.4 is 20.1 Å². The summed E-state index contributed by atoms with van der Waals surface area (Å²) in [6.45, 7) is 0.111. The van der Waals surface area contributed by atoms with Gasteiger partial charge in [0.25, 0.3) is 5.91 Å². The fourth-order valence-corrected chi connectivity index (χ4v) is 9.25. The molecule has 1 amide bonds. The van der Waals surface area contributed by atoms with E-state index >= 15 is 0 Å². The number of hydrogen-bond acceptors (Lipinski definition) is 8. The molecule has 2 heterocycles. The normalized spacial score (nSPS) is 17.9. The number of ether oxygens (including phenoxy) is 2. The van der Waals surface area contributed by atoms with E-state index in [9.17, 15) is 14.7 Å². The van der Waals surface area contributed by atoms with Gasteiger partial charge in [-0.3, -0.25) is 9.59 Å². The van der Waals surface area contributed by atoms with Crippen molar-refractivity contribution in [3.05, 3.63) is 113 Å². The molecule has 0 bridgehead atoms. The molecule has 9 rings (SSSR count). The summed E-state index contributed by atoms with van der Waals surface area (Å²) < 4.78 is 14.5. The van der Waals surface area contributed by atoms with Crippen LogP contribution in [0.1, 0.15) is 153 Å². The summed E-state index contributed by atoms with van der Waals surface area (Å²) in [5, 5.41) is 36.1. The quantitative estimate of drug-likeness (QED) is 0.0761. The Kier molecular flexibility index (Phi) is 13.9. The predicted octanol–water partition coefficient (Wildman–Crippen LogP) is 10.1. The number of carboxylic acids is 1. The topological polar surface area (TPSA) is 153 Å². The van der Waals surface area contributed by atoms with Gasteiger partial charge < -0.3 is 30.3 Å². The number of nitrogens with one attached hydrogen (secondary N) is 2. The number of rotatable bonds is 16. The highest BCUT2D eigenvalue weighted by molar-refractivity contribution is 5.94. The lowest BCUT2D eigenvalue weighted by Gasteiger charge is -2.32. The van der Waals surface area contributed by atoms with Crippen LogP contribution in [0.4, 0.5) is 5.69 Å². The Morgan fingerprint density at radius 1 is 0.661 bits per heavy atom. The first-order chi connectivity index (χ1) is 30.3. The highest BCUT2D eigenvalue weighted by Gasteiger charge is 2.36. The van der Waals surface area contributed by atoms with Crippen LogP contribution in [-0.4, -0.2) is 62.4 Å². The summed E-state index contributed by atoms with van der Waals surface area (Å²) >= 11 is 0. The van der Waals surface area contributed by atoms with E-state index in [4.69, 9.17) is 24.8 Å². The average molecular weight is 843 g/mol. The number of aliphatic carboxylic acids is 1. The molecule has 328 valence electrons. The van der Waals surface area contributed by atoms with Crippen LogP contribution in [0.15, 0.2) is 85.2 Å². The van der Waals surface area contributed by atoms with Gasteiger partial charge in [-0.1, -0.05) is 38.5 Å². The molecule has 5 aromatic rings. The van der Waals surface area contributed by atoms with E-state index in [1.807, 2.05) is 70.0 Å². The molecule has 3 aromatic carbocycles. The van der Waals surface area contributed by atoms with Crippen LogP contribution in [0.25, 0.3) is 11.4 Å². The maximum Gasteiger partial charge on any atom is 0.305 e. The number of nitrogens with zero attached hydrogens (tertiary/aromatic N) is 4. The van der Waals surface area contributed by atoms with E-state index in [0.717, 1.165) is 52.7 Å². The van der Waals surface area contributed by atoms with Crippen LogP contribution in [0, 0.1) is 11.8 Å². The average Bonchev–Trinajstić information content (AvgIpc) is 4.27. The van der Waals surface area contributed by atoms with Gasteiger partial charge in [-0.2, -0.15) is 10.2 Å². The number of aliphatic hydroxyl groups is 1. The van der Waals surface area contributed by atoms with Gasteiger partial charge in [0, 0.05) is 53.2 Å². The van der Waals surface area contributed by atoms with Crippen LogP contribution in [-0.2, 0) is 4.79 Å². The number of benzene rings is 3. The van der Waals surface area contributed by atoms with Crippen molar-refractivity contribution < 1.29 is 29.3 Å². The molecule has 0 spiro atoms. The number of amides is 1. The molecule has 4 fully saturated rings. The van der Waals surface area contributed by atoms with Crippen molar-refractivity contribution in [2.45, 2.75) is 120 Å². The zero-order chi connectivity index (χ0) is 43.0. The van der Waals surface area contributed by atoms with E-state index in [-0.39, 0.29) is 31.0 Å². The Hall–Kier alpha value is -5.62. The standard InChI is InChI=1S/C30H36N4O4.C20H26N2O2/c1-38-25-15-13-24(14-16-25)34-19-26(29(33-34)21-7-8-21)28(20-5-3-2-4-6-20)32-23-11-9-22(10-12-23)30(37)31-18-17-27(35)36;1-24-17-11-9-16(10-12-17)22-13-18(19(21-22)14-7-8-14)20(23)15-5-3-2-4-6-15/h9-16,19-21,28,32H,2-8,17-18H2,1H3,(H,31,37)(H,35,36);9-15,20,23H,2-8H2,1H3. The predicted molar refractivity (Wildman–Crippen MR) is 240 cm³/mol. The molecular weight excluding hydrogens is 781 g/mol. The fourth-order valence-electron chi connectivity index (χ4n) is 9.25. The molecule has 12 heteroatoms. The molecule has 0 aliphatic heterocycles. The van der Waals surface area contributed by atoms with Gasteiger partial charge in [-0.15, -0.1) is 0 Å². The molecule has 2 atom stereocenters. The minimum Gasteiger partial charge on any atom is -0.497 e. The van der Waals surface area contributed by atoms with Gasteiger partial charge in [0.05, 0.1) is 55.5 Å². The van der Waals surface area contributed by atoms with E-state index in [1.54, 1.807) is 26.4 Å². The van der Waals surface area contributed by atoms with E-state index < -0.39 is 5.97 Å². The fraction of sp³-hybridized carbons (Fsp3) is 0.480. The zero-order valence-corrected chi connectivity index (χ0v) is 36.2. The Morgan fingerprint density at radius 3 is 1.63 bits per heavy atom. The number of carboxylic acid groups (broad SMARTS) is 1. The Labute approximate surface area is 365 Å². The van der Waals surface area contributed by atoms with Crippen molar-refractivity contribution in [2.75, 3.05) is 26.1 Å². The van der Waals surface area contributed by atoms with Crippen molar-refractivity contribution in [3.63, 3.8) is 0 Å². The lowest BCUT2D eigenvalue weighted by Crippen LogP contribution is -2.26. The van der Waals surface area contributed by atoms with Crippen molar-refractivity contribution in [2.24, 2.45) is 11.8 Å². The van der Waals surface area contributed by atoms with Crippen molar-refractivity contribution >= 4 is 17.6 Å². The van der Waals surface area contributed by atoms with Crippen molar-refractivity contribution in [3.8, 4) is 22.9 Å². The van der Waals surface area contributed by atoms with E-state index in [1.165, 1.54) is 88.3 Å². The summed E-state index contributed by atoms with van der Waals surface area (Å²) in [5.74, 6) is 2.42. The van der Waals surface area contributed by atoms with Gasteiger partial charge in [0.2, 0.25) is 0 Å². The van der Waals surface area contributed by atoms with Gasteiger partial charge in [0.15, 0.2) is 0 Å². The smallest absolute Gasteiger partial charge is 0.305 e. The number of anilines is 1. The largest absolute Gasteiger partial charge is 0.497 e. The Bertz CT molecular complexity index is 2230. The maximum atomic E-state index is 12.4. The Morgan fingerprint density at radius 2 is 1.15 bits per heavy atom. The molecule has 62 heavy (non-hydrogen) atoms. The van der Waals surface area contributed by atoms with Gasteiger partial charge >= 0.3 is 5.97 Å². The first-order valence-electron chi connectivity index (χ1n) is 22.8. The number of carbonyl (C=O) groups is 2. The van der Waals surface area contributed by atoms with Gasteiger partial charge in [-0.05, 0) is 136 Å². The molecule has 0 saturated heterocycles. The molecule has 4 aliphatic rings. The summed E-state index contributed by atoms with van der Waals surface area (Å²) in [7, 11) is 3.35. The lowest BCUT2D eigenvalue weighted by atomic mass is 9.80. The Balaban J connectivity index is 0.000000189. The number of methoxy groups -OCH3 is 2. The van der Waals surface area contributed by atoms with Gasteiger partial charge in [-0.25, -0.2) is 9.36 Å². The second-order valence-corrected chi connectivity index (χ2v) is 17.6. The summed E-state index contributed by atoms with van der Waals surface area (Å²) in [5.41, 5.74) is 8.13. The molecule has 2 unspecified atom stereocenters. The summed E-state index contributed by atoms with van der Waals surface area (Å²) in [4.78, 5) is 23.1. The molecule has 4 saturated carbocycles. The minimum absolute atomic E-state index is 0.0953. The third kappa shape index (κ3) is 10.7. The van der Waals surface area contributed by atoms with Gasteiger partial charge in [0.1, 0.15) is 11.5 Å². The molecule has 4 aliphatic carbocycles. The summed E-state index contributed by atoms with van der Waals surface area (Å²) in [6, 6.07) is 23.5. The number of aromatic nitrogens is 4. The SMILES string of the molecule is COc1ccc(-n2cc(C(Nc3ccc(C(=O)NCCC(=O)O)cc3)C3CCCCC3)c(C3CC3)n2)cc1.COc1ccc(-n2cc(C(O)C3CCCCC3)c(C3CC3)n2)cc1. The third-order valence-corrected chi connectivity index (χ3v) is 13.1. The number of carbonyl (C=O) groups excluding carboxylic acids is 1.